The Morgan fingerprint density at radius 2 is 1.67 bits per heavy atom. The third kappa shape index (κ3) is 1.42. The van der Waals surface area contributed by atoms with E-state index < -0.39 is 28.7 Å². The Labute approximate surface area is 83.9 Å². The molecule has 1 aliphatic rings. The molecular weight excluding hydrogens is 210 g/mol. The molecule has 0 spiro atoms. The van der Waals surface area contributed by atoms with Gasteiger partial charge in [0.25, 0.3) is 0 Å². The lowest BCUT2D eigenvalue weighted by Gasteiger charge is -2.14. The van der Waals surface area contributed by atoms with Crippen molar-refractivity contribution in [3.8, 4) is 0 Å². The van der Waals surface area contributed by atoms with Crippen molar-refractivity contribution >= 4 is 0 Å². The van der Waals surface area contributed by atoms with Crippen LogP contribution in [0.4, 0.5) is 17.6 Å². The molecule has 1 nitrogen and oxygen atoms in total. The Bertz CT molecular complexity index is 412. The fourth-order valence-corrected chi connectivity index (χ4v) is 1.69. The molecule has 2 N–H and O–H groups in total. The van der Waals surface area contributed by atoms with Crippen molar-refractivity contribution in [3.05, 3.63) is 34.9 Å². The van der Waals surface area contributed by atoms with E-state index in [0.717, 1.165) is 0 Å². The molecule has 0 bridgehead atoms. The van der Waals surface area contributed by atoms with Crippen LogP contribution in [0.5, 0.6) is 0 Å². The fraction of sp³-hybridized carbons (Fsp3) is 0.400. The first kappa shape index (κ1) is 10.4. The molecule has 0 aromatic heterocycles. The highest BCUT2D eigenvalue weighted by atomic mass is 19.2. The minimum absolute atomic E-state index is 0.106. The first-order valence-electron chi connectivity index (χ1n) is 4.55. The molecule has 0 amide bonds. The van der Waals surface area contributed by atoms with Gasteiger partial charge in [0, 0.05) is 17.5 Å². The summed E-state index contributed by atoms with van der Waals surface area (Å²) in [6, 6.07) is 0.702. The van der Waals surface area contributed by atoms with Crippen LogP contribution in [0.3, 0.4) is 0 Å². The summed E-state index contributed by atoms with van der Waals surface area (Å²) in [7, 11) is 0. The van der Waals surface area contributed by atoms with E-state index in [1.54, 1.807) is 0 Å². The van der Waals surface area contributed by atoms with Crippen molar-refractivity contribution in [1.82, 2.24) is 0 Å². The summed E-state index contributed by atoms with van der Waals surface area (Å²) in [5, 5.41) is 0. The summed E-state index contributed by atoms with van der Waals surface area (Å²) in [5.74, 6) is -6.23. The molecule has 0 heterocycles. The van der Waals surface area contributed by atoms with E-state index in [2.05, 4.69) is 0 Å². The smallest absolute Gasteiger partial charge is 0.197 e. The molecule has 0 unspecified atom stereocenters. The van der Waals surface area contributed by atoms with E-state index in [0.29, 0.717) is 18.9 Å². The molecule has 82 valence electrons. The molecule has 1 aliphatic carbocycles. The van der Waals surface area contributed by atoms with Gasteiger partial charge in [-0.3, -0.25) is 0 Å². The van der Waals surface area contributed by atoms with Crippen LogP contribution in [-0.2, 0) is 5.41 Å². The van der Waals surface area contributed by atoms with Gasteiger partial charge >= 0.3 is 0 Å². The van der Waals surface area contributed by atoms with Gasteiger partial charge in [0.15, 0.2) is 23.3 Å². The van der Waals surface area contributed by atoms with Crippen LogP contribution in [0.25, 0.3) is 0 Å². The molecule has 1 aromatic rings. The summed E-state index contributed by atoms with van der Waals surface area (Å²) in [6.07, 6.45) is 1.15. The molecule has 0 radical (unpaired) electrons. The minimum Gasteiger partial charge on any atom is -0.330 e. The average Bonchev–Trinajstić information content (AvgIpc) is 3.01. The number of benzene rings is 1. The zero-order valence-corrected chi connectivity index (χ0v) is 7.79. The van der Waals surface area contributed by atoms with Crippen LogP contribution in [0, 0.1) is 23.3 Å². The maximum Gasteiger partial charge on any atom is 0.197 e. The highest BCUT2D eigenvalue weighted by Crippen LogP contribution is 2.48. The van der Waals surface area contributed by atoms with Crippen LogP contribution >= 0.6 is 0 Å². The van der Waals surface area contributed by atoms with Gasteiger partial charge < -0.3 is 5.73 Å². The second-order valence-corrected chi connectivity index (χ2v) is 3.83. The lowest BCUT2D eigenvalue weighted by molar-refractivity contribution is 0.398. The number of rotatable bonds is 2. The number of halogens is 4. The molecule has 1 saturated carbocycles. The first-order valence-corrected chi connectivity index (χ1v) is 4.55. The normalized spacial score (nSPS) is 17.9. The maximum absolute atomic E-state index is 13.3. The summed E-state index contributed by atoms with van der Waals surface area (Å²) >= 11 is 0. The first-order chi connectivity index (χ1) is 7.02. The second-order valence-electron chi connectivity index (χ2n) is 3.83. The van der Waals surface area contributed by atoms with Crippen LogP contribution < -0.4 is 5.73 Å². The Hall–Kier alpha value is -1.10. The number of hydrogen-bond acceptors (Lipinski definition) is 1. The van der Waals surface area contributed by atoms with Crippen molar-refractivity contribution in [2.24, 2.45) is 5.73 Å². The quantitative estimate of drug-likeness (QED) is 0.460. The highest BCUT2D eigenvalue weighted by molar-refractivity contribution is 5.34. The number of hydrogen-bond donors (Lipinski definition) is 1. The van der Waals surface area contributed by atoms with E-state index >= 15 is 0 Å². The van der Waals surface area contributed by atoms with E-state index in [1.165, 1.54) is 0 Å². The van der Waals surface area contributed by atoms with Crippen molar-refractivity contribution in [2.75, 3.05) is 6.54 Å². The molecule has 5 heteroatoms. The van der Waals surface area contributed by atoms with E-state index in [9.17, 15) is 17.6 Å². The summed E-state index contributed by atoms with van der Waals surface area (Å²) in [6.45, 7) is 0.106. The van der Waals surface area contributed by atoms with Crippen LogP contribution in [-0.4, -0.2) is 6.54 Å². The van der Waals surface area contributed by atoms with Gasteiger partial charge in [-0.15, -0.1) is 0 Å². The van der Waals surface area contributed by atoms with Gasteiger partial charge in [-0.1, -0.05) is 0 Å². The van der Waals surface area contributed by atoms with E-state index in [-0.39, 0.29) is 12.1 Å². The van der Waals surface area contributed by atoms with Crippen molar-refractivity contribution < 1.29 is 17.6 Å². The van der Waals surface area contributed by atoms with Gasteiger partial charge in [-0.25, -0.2) is 17.6 Å². The van der Waals surface area contributed by atoms with Gasteiger partial charge in [-0.2, -0.15) is 0 Å². The van der Waals surface area contributed by atoms with Crippen molar-refractivity contribution in [2.45, 2.75) is 18.3 Å². The van der Waals surface area contributed by atoms with E-state index in [1.807, 2.05) is 0 Å². The number of nitrogens with two attached hydrogens (primary N) is 1. The molecule has 0 aliphatic heterocycles. The molecule has 0 atom stereocenters. The zero-order valence-electron chi connectivity index (χ0n) is 7.79. The third-order valence-corrected chi connectivity index (χ3v) is 2.92. The second kappa shape index (κ2) is 3.20. The van der Waals surface area contributed by atoms with Gasteiger partial charge in [0.1, 0.15) is 0 Å². The standard InChI is InChI=1S/C10H9F4N/c11-6-3-5(10(4-15)1-2-10)7(12)9(14)8(6)13/h3H,1-2,4,15H2. The summed E-state index contributed by atoms with van der Waals surface area (Å²) in [5.41, 5.74) is 4.56. The monoisotopic (exact) mass is 219 g/mol. The highest BCUT2D eigenvalue weighted by Gasteiger charge is 2.46. The van der Waals surface area contributed by atoms with Gasteiger partial charge in [0.2, 0.25) is 0 Å². The molecular formula is C10H9F4N. The third-order valence-electron chi connectivity index (χ3n) is 2.92. The molecule has 1 fully saturated rings. The predicted octanol–water partition coefficient (Wildman–Crippen LogP) is 2.23. The zero-order chi connectivity index (χ0) is 11.2. The lowest BCUT2D eigenvalue weighted by atomic mass is 9.95. The van der Waals surface area contributed by atoms with Crippen molar-refractivity contribution in [3.63, 3.8) is 0 Å². The lowest BCUT2D eigenvalue weighted by Crippen LogP contribution is -2.22. The topological polar surface area (TPSA) is 26.0 Å². The maximum atomic E-state index is 13.3. The van der Waals surface area contributed by atoms with E-state index in [4.69, 9.17) is 5.73 Å². The SMILES string of the molecule is NCC1(c2cc(F)c(F)c(F)c2F)CC1. The summed E-state index contributed by atoms with van der Waals surface area (Å²) in [4.78, 5) is 0. The Morgan fingerprint density at radius 3 is 2.13 bits per heavy atom. The van der Waals surface area contributed by atoms with Crippen LogP contribution in [0.2, 0.25) is 0 Å². The van der Waals surface area contributed by atoms with Crippen LogP contribution in [0.1, 0.15) is 18.4 Å². The van der Waals surface area contributed by atoms with Crippen LogP contribution in [0.15, 0.2) is 6.07 Å². The Balaban J connectivity index is 2.58. The predicted molar refractivity (Wildman–Crippen MR) is 46.2 cm³/mol. The molecule has 2 rings (SSSR count). The molecule has 1 aromatic carbocycles. The largest absolute Gasteiger partial charge is 0.330 e. The van der Waals surface area contributed by atoms with Crippen molar-refractivity contribution in [1.29, 1.82) is 0 Å². The average molecular weight is 219 g/mol. The Morgan fingerprint density at radius 1 is 1.07 bits per heavy atom. The summed E-state index contributed by atoms with van der Waals surface area (Å²) < 4.78 is 51.8. The minimum atomic E-state index is -1.77. The molecule has 15 heavy (non-hydrogen) atoms. The Kier molecular flexibility index (Phi) is 2.22. The molecule has 0 saturated heterocycles. The van der Waals surface area contributed by atoms with Gasteiger partial charge in [-0.05, 0) is 18.9 Å². The fourth-order valence-electron chi connectivity index (χ4n) is 1.69. The van der Waals surface area contributed by atoms with Gasteiger partial charge in [0.05, 0.1) is 0 Å².